The van der Waals surface area contributed by atoms with E-state index < -0.39 is 18.4 Å². The third-order valence-corrected chi connectivity index (χ3v) is 8.36. The molecule has 1 heterocycles. The Kier molecular flexibility index (Phi) is 2.87. The monoisotopic (exact) mass is 309 g/mol. The summed E-state index contributed by atoms with van der Waals surface area (Å²) in [4.78, 5) is 11.2. The SMILES string of the molecule is [CH3][Sn]([CH3])([CH3])[c]1ccc(-c2cnco2)cc1. The Hall–Kier alpha value is -0.771. The molecule has 0 radical (unpaired) electrons. The number of nitrogens with zero attached hydrogens (tertiary/aromatic N) is 1. The van der Waals surface area contributed by atoms with Crippen LogP contribution >= 0.6 is 0 Å². The van der Waals surface area contributed by atoms with E-state index in [1.165, 1.54) is 9.97 Å². The first kappa shape index (κ1) is 10.7. The third-order valence-electron chi connectivity index (χ3n) is 2.47. The maximum atomic E-state index is 5.25. The van der Waals surface area contributed by atoms with Gasteiger partial charge in [0.05, 0.1) is 0 Å². The normalized spacial score (nSPS) is 11.7. The van der Waals surface area contributed by atoms with Crippen molar-refractivity contribution in [3.05, 3.63) is 36.9 Å². The molecule has 3 heteroatoms. The second-order valence-electron chi connectivity index (χ2n) is 4.69. The molecule has 0 atom stereocenters. The molecule has 1 aromatic heterocycles. The molecule has 0 saturated carbocycles. The summed E-state index contributed by atoms with van der Waals surface area (Å²) in [6.07, 6.45) is 3.21. The van der Waals surface area contributed by atoms with Crippen LogP contribution < -0.4 is 3.58 Å². The molecule has 0 spiro atoms. The van der Waals surface area contributed by atoms with Gasteiger partial charge < -0.3 is 0 Å². The molecule has 0 fully saturated rings. The molecule has 2 rings (SSSR count). The van der Waals surface area contributed by atoms with Crippen LogP contribution in [0.15, 0.2) is 41.3 Å². The zero-order valence-electron chi connectivity index (χ0n) is 9.32. The molecule has 2 nitrogen and oxygen atoms in total. The van der Waals surface area contributed by atoms with Crippen LogP contribution in [0.25, 0.3) is 11.3 Å². The quantitative estimate of drug-likeness (QED) is 0.797. The minimum atomic E-state index is -1.89. The van der Waals surface area contributed by atoms with Crippen LogP contribution in [0.1, 0.15) is 0 Å². The Balaban J connectivity index is 2.33. The van der Waals surface area contributed by atoms with Gasteiger partial charge in [0.2, 0.25) is 0 Å². The summed E-state index contributed by atoms with van der Waals surface area (Å²) >= 11 is -1.89. The minimum absolute atomic E-state index is 0.839. The van der Waals surface area contributed by atoms with E-state index in [0.29, 0.717) is 0 Å². The van der Waals surface area contributed by atoms with E-state index in [9.17, 15) is 0 Å². The zero-order valence-corrected chi connectivity index (χ0v) is 12.2. The molecule has 0 bridgehead atoms. The predicted octanol–water partition coefficient (Wildman–Crippen LogP) is 2.89. The van der Waals surface area contributed by atoms with Crippen molar-refractivity contribution < 1.29 is 4.42 Å². The van der Waals surface area contributed by atoms with Crippen LogP contribution in [-0.4, -0.2) is 23.4 Å². The van der Waals surface area contributed by atoms with Crippen molar-refractivity contribution in [3.63, 3.8) is 0 Å². The number of hydrogen-bond acceptors (Lipinski definition) is 2. The Bertz CT molecular complexity index is 426. The summed E-state index contributed by atoms with van der Waals surface area (Å²) in [6.45, 7) is 0. The van der Waals surface area contributed by atoms with Crippen LogP contribution in [0, 0.1) is 0 Å². The van der Waals surface area contributed by atoms with Crippen LogP contribution in [-0.2, 0) is 0 Å². The Morgan fingerprint density at radius 3 is 2.20 bits per heavy atom. The fourth-order valence-electron chi connectivity index (χ4n) is 1.49. The van der Waals surface area contributed by atoms with Gasteiger partial charge in [0.25, 0.3) is 0 Å². The summed E-state index contributed by atoms with van der Waals surface area (Å²) in [5.74, 6) is 0.839. The summed E-state index contributed by atoms with van der Waals surface area (Å²) in [7, 11) is 0. The van der Waals surface area contributed by atoms with Gasteiger partial charge in [0, 0.05) is 0 Å². The van der Waals surface area contributed by atoms with Gasteiger partial charge in [-0.25, -0.2) is 0 Å². The number of oxazole rings is 1. The van der Waals surface area contributed by atoms with Crippen molar-refractivity contribution in [1.82, 2.24) is 4.98 Å². The van der Waals surface area contributed by atoms with E-state index in [4.69, 9.17) is 4.42 Å². The fraction of sp³-hybridized carbons (Fsp3) is 0.250. The van der Waals surface area contributed by atoms with E-state index >= 15 is 0 Å². The molecule has 0 aliphatic carbocycles. The average Bonchev–Trinajstić information content (AvgIpc) is 2.69. The summed E-state index contributed by atoms with van der Waals surface area (Å²) in [5, 5.41) is 0. The average molecular weight is 308 g/mol. The Morgan fingerprint density at radius 2 is 1.73 bits per heavy atom. The Morgan fingerprint density at radius 1 is 1.07 bits per heavy atom. The van der Waals surface area contributed by atoms with Crippen molar-refractivity contribution in [1.29, 1.82) is 0 Å². The Labute approximate surface area is 94.2 Å². The van der Waals surface area contributed by atoms with Crippen LogP contribution in [0.5, 0.6) is 0 Å². The number of hydrogen-bond donors (Lipinski definition) is 0. The van der Waals surface area contributed by atoms with Crippen molar-refractivity contribution in [2.75, 3.05) is 0 Å². The van der Waals surface area contributed by atoms with Gasteiger partial charge in [0.1, 0.15) is 0 Å². The predicted molar refractivity (Wildman–Crippen MR) is 64.9 cm³/mol. The maximum absolute atomic E-state index is 5.25. The molecule has 15 heavy (non-hydrogen) atoms. The first-order valence-electron chi connectivity index (χ1n) is 5.07. The summed E-state index contributed by atoms with van der Waals surface area (Å²) < 4.78 is 6.79. The number of benzene rings is 1. The van der Waals surface area contributed by atoms with Crippen LogP contribution in [0.4, 0.5) is 0 Å². The molecule has 0 aliphatic rings. The molecule has 0 unspecified atom stereocenters. The number of aromatic nitrogens is 1. The van der Waals surface area contributed by atoms with E-state index in [1.54, 1.807) is 6.20 Å². The molecule has 0 amide bonds. The van der Waals surface area contributed by atoms with Crippen molar-refractivity contribution in [2.45, 2.75) is 14.8 Å². The van der Waals surface area contributed by atoms with Crippen molar-refractivity contribution >= 4 is 22.0 Å². The van der Waals surface area contributed by atoms with Crippen molar-refractivity contribution in [3.8, 4) is 11.3 Å². The van der Waals surface area contributed by atoms with E-state index in [2.05, 4.69) is 44.1 Å². The molecule has 2 aromatic rings. The van der Waals surface area contributed by atoms with Gasteiger partial charge in [-0.1, -0.05) is 0 Å². The summed E-state index contributed by atoms with van der Waals surface area (Å²) in [5.41, 5.74) is 1.10. The van der Waals surface area contributed by atoms with Crippen LogP contribution in [0.3, 0.4) is 0 Å². The third kappa shape index (κ3) is 2.42. The van der Waals surface area contributed by atoms with E-state index in [1.807, 2.05) is 0 Å². The first-order chi connectivity index (χ1) is 7.07. The molecule has 78 valence electrons. The molecule has 0 N–H and O–H groups in total. The van der Waals surface area contributed by atoms with Gasteiger partial charge in [-0.15, -0.1) is 0 Å². The number of rotatable bonds is 2. The fourth-order valence-corrected chi connectivity index (χ4v) is 4.82. The van der Waals surface area contributed by atoms with Gasteiger partial charge in [-0.2, -0.15) is 0 Å². The summed E-state index contributed by atoms with van der Waals surface area (Å²) in [6, 6.07) is 8.71. The molecule has 0 saturated heterocycles. The van der Waals surface area contributed by atoms with E-state index in [-0.39, 0.29) is 0 Å². The standard InChI is InChI=1S/C9H6NO.3CH3.Sn/c1-2-4-8(5-3-1)9-6-10-7-11-9;;;;/h2-7H;3*1H3;. The first-order valence-corrected chi connectivity index (χ1v) is 15.1. The second-order valence-corrected chi connectivity index (χ2v) is 19.2. The van der Waals surface area contributed by atoms with Gasteiger partial charge in [0.15, 0.2) is 0 Å². The van der Waals surface area contributed by atoms with Crippen molar-refractivity contribution in [2.24, 2.45) is 0 Å². The molecule has 0 aliphatic heterocycles. The molecular weight excluding hydrogens is 293 g/mol. The zero-order chi connectivity index (χ0) is 10.9. The topological polar surface area (TPSA) is 26.0 Å². The van der Waals surface area contributed by atoms with Gasteiger partial charge in [-0.3, -0.25) is 0 Å². The second kappa shape index (κ2) is 4.00. The molecule has 1 aromatic carbocycles. The molecular formula is C12H15NOSn. The van der Waals surface area contributed by atoms with E-state index in [0.717, 1.165) is 11.3 Å². The van der Waals surface area contributed by atoms with Gasteiger partial charge >= 0.3 is 94.4 Å². The van der Waals surface area contributed by atoms with Gasteiger partial charge in [-0.05, 0) is 0 Å². The van der Waals surface area contributed by atoms with Crippen LogP contribution in [0.2, 0.25) is 14.8 Å².